The molecule has 0 aliphatic carbocycles. The maximum Gasteiger partial charge on any atom is 0.318 e. The third-order valence-electron chi connectivity index (χ3n) is 5.05. The van der Waals surface area contributed by atoms with Gasteiger partial charge >= 0.3 is 6.03 Å². The number of rotatable bonds is 4. The third-order valence-corrected chi connectivity index (χ3v) is 5.05. The fourth-order valence-corrected chi connectivity index (χ4v) is 3.55. The second kappa shape index (κ2) is 8.75. The number of nitrogens with one attached hydrogen (secondary N) is 1. The molecular weight excluding hydrogens is 324 g/mol. The third kappa shape index (κ3) is 4.57. The Kier molecular flexibility index (Phi) is 6.16. The van der Waals surface area contributed by atoms with Crippen molar-refractivity contribution >= 4 is 6.03 Å². The van der Waals surface area contributed by atoms with Gasteiger partial charge in [0.15, 0.2) is 0 Å². The number of hydrogen-bond donors (Lipinski definition) is 1. The van der Waals surface area contributed by atoms with E-state index in [9.17, 15) is 4.79 Å². The van der Waals surface area contributed by atoms with E-state index in [4.69, 9.17) is 4.74 Å². The Bertz CT molecular complexity index is 727. The Hall–Kier alpha value is -2.49. The Morgan fingerprint density at radius 1 is 1.15 bits per heavy atom. The molecule has 1 aliphatic rings. The van der Waals surface area contributed by atoms with Crippen molar-refractivity contribution in [3.63, 3.8) is 0 Å². The Balaban J connectivity index is 1.70. The Morgan fingerprint density at radius 2 is 1.96 bits per heavy atom. The normalized spacial score (nSPS) is 17.5. The van der Waals surface area contributed by atoms with Crippen molar-refractivity contribution in [1.29, 1.82) is 0 Å². The molecule has 4 heteroatoms. The predicted octanol–water partition coefficient (Wildman–Crippen LogP) is 4.83. The fourth-order valence-electron chi connectivity index (χ4n) is 3.55. The maximum atomic E-state index is 12.9. The Labute approximate surface area is 156 Å². The zero-order valence-electron chi connectivity index (χ0n) is 15.7. The van der Waals surface area contributed by atoms with Crippen LogP contribution in [-0.2, 0) is 6.54 Å². The van der Waals surface area contributed by atoms with Crippen LogP contribution in [0.25, 0.3) is 0 Å². The van der Waals surface area contributed by atoms with E-state index in [1.54, 1.807) is 7.11 Å². The van der Waals surface area contributed by atoms with Gasteiger partial charge < -0.3 is 15.0 Å². The molecular formula is C22H28N2O2. The molecule has 3 rings (SSSR count). The quantitative estimate of drug-likeness (QED) is 0.856. The van der Waals surface area contributed by atoms with Gasteiger partial charge in [0.25, 0.3) is 0 Å². The van der Waals surface area contributed by atoms with E-state index >= 15 is 0 Å². The highest BCUT2D eigenvalue weighted by molar-refractivity contribution is 5.74. The summed E-state index contributed by atoms with van der Waals surface area (Å²) >= 11 is 0. The molecule has 0 spiro atoms. The highest BCUT2D eigenvalue weighted by atomic mass is 16.5. The van der Waals surface area contributed by atoms with E-state index in [0.717, 1.165) is 37.1 Å². The first-order chi connectivity index (χ1) is 12.7. The largest absolute Gasteiger partial charge is 0.497 e. The number of hydrogen-bond acceptors (Lipinski definition) is 2. The molecule has 138 valence electrons. The van der Waals surface area contributed by atoms with Crippen LogP contribution in [0.2, 0.25) is 0 Å². The van der Waals surface area contributed by atoms with E-state index < -0.39 is 0 Å². The summed E-state index contributed by atoms with van der Waals surface area (Å²) in [6.45, 7) is 3.41. The average molecular weight is 352 g/mol. The van der Waals surface area contributed by atoms with E-state index in [1.165, 1.54) is 17.5 Å². The number of carbonyl (C=O) groups is 1. The number of methoxy groups -OCH3 is 1. The van der Waals surface area contributed by atoms with Crippen molar-refractivity contribution in [2.75, 3.05) is 13.7 Å². The molecule has 0 aromatic heterocycles. The van der Waals surface area contributed by atoms with Crippen LogP contribution in [0.5, 0.6) is 5.75 Å². The molecule has 0 radical (unpaired) electrons. The first-order valence-electron chi connectivity index (χ1n) is 9.41. The van der Waals surface area contributed by atoms with Gasteiger partial charge in [-0.3, -0.25) is 0 Å². The molecule has 2 amide bonds. The molecule has 4 nitrogen and oxygen atoms in total. The molecule has 0 saturated carbocycles. The lowest BCUT2D eigenvalue weighted by Gasteiger charge is -2.30. The minimum atomic E-state index is 0.0142. The number of benzene rings is 2. The van der Waals surface area contributed by atoms with Crippen molar-refractivity contribution in [2.24, 2.45) is 0 Å². The summed E-state index contributed by atoms with van der Waals surface area (Å²) in [5.74, 6) is 0.809. The van der Waals surface area contributed by atoms with Crippen molar-refractivity contribution in [1.82, 2.24) is 10.2 Å². The number of aryl methyl sites for hydroxylation is 1. The monoisotopic (exact) mass is 352 g/mol. The van der Waals surface area contributed by atoms with Crippen molar-refractivity contribution in [3.8, 4) is 5.75 Å². The molecule has 2 aromatic carbocycles. The predicted molar refractivity (Wildman–Crippen MR) is 104 cm³/mol. The van der Waals surface area contributed by atoms with E-state index in [-0.39, 0.29) is 12.1 Å². The Morgan fingerprint density at radius 3 is 2.73 bits per heavy atom. The molecule has 1 N–H and O–H groups in total. The number of likely N-dealkylation sites (tertiary alicyclic amines) is 1. The SMILES string of the molecule is COc1cccc(CNC(=O)N2CCCCC[C@@H]2c2ccc(C)cc2)c1. The number of nitrogens with zero attached hydrogens (tertiary/aromatic N) is 1. The van der Waals surface area contributed by atoms with Crippen LogP contribution in [0.3, 0.4) is 0 Å². The lowest BCUT2D eigenvalue weighted by Crippen LogP contribution is -2.41. The van der Waals surface area contributed by atoms with E-state index in [2.05, 4.69) is 36.5 Å². The van der Waals surface area contributed by atoms with Gasteiger partial charge in [-0.25, -0.2) is 4.79 Å². The lowest BCUT2D eigenvalue weighted by atomic mass is 10.00. The maximum absolute atomic E-state index is 12.9. The smallest absolute Gasteiger partial charge is 0.318 e. The van der Waals surface area contributed by atoms with Crippen LogP contribution in [0, 0.1) is 6.92 Å². The van der Waals surface area contributed by atoms with Crippen molar-refractivity contribution in [3.05, 3.63) is 65.2 Å². The number of urea groups is 1. The van der Waals surface area contributed by atoms with Crippen LogP contribution in [0.1, 0.15) is 48.4 Å². The lowest BCUT2D eigenvalue weighted by molar-refractivity contribution is 0.175. The number of carbonyl (C=O) groups excluding carboxylic acids is 1. The summed E-state index contributed by atoms with van der Waals surface area (Å²) in [7, 11) is 1.65. The van der Waals surface area contributed by atoms with Gasteiger partial charge in [0.2, 0.25) is 0 Å². The summed E-state index contributed by atoms with van der Waals surface area (Å²) in [5.41, 5.74) is 3.52. The van der Waals surface area contributed by atoms with Gasteiger partial charge in [0.1, 0.15) is 5.75 Å². The van der Waals surface area contributed by atoms with Gasteiger partial charge in [-0.05, 0) is 43.0 Å². The van der Waals surface area contributed by atoms with E-state index in [1.807, 2.05) is 29.2 Å². The molecule has 0 unspecified atom stereocenters. The van der Waals surface area contributed by atoms with Crippen LogP contribution in [0.15, 0.2) is 48.5 Å². The van der Waals surface area contributed by atoms with Crippen LogP contribution in [-0.4, -0.2) is 24.6 Å². The summed E-state index contributed by atoms with van der Waals surface area (Å²) in [6.07, 6.45) is 4.44. The van der Waals surface area contributed by atoms with Gasteiger partial charge in [-0.2, -0.15) is 0 Å². The van der Waals surface area contributed by atoms with Gasteiger partial charge in [0.05, 0.1) is 13.2 Å². The first-order valence-corrected chi connectivity index (χ1v) is 9.41. The minimum absolute atomic E-state index is 0.0142. The second-order valence-electron chi connectivity index (χ2n) is 6.98. The average Bonchev–Trinajstić information content (AvgIpc) is 2.93. The summed E-state index contributed by atoms with van der Waals surface area (Å²) < 4.78 is 5.26. The minimum Gasteiger partial charge on any atom is -0.497 e. The molecule has 0 bridgehead atoms. The summed E-state index contributed by atoms with van der Waals surface area (Å²) in [4.78, 5) is 14.9. The fraction of sp³-hybridized carbons (Fsp3) is 0.409. The van der Waals surface area contributed by atoms with Crippen LogP contribution in [0.4, 0.5) is 4.79 Å². The van der Waals surface area contributed by atoms with Crippen molar-refractivity contribution in [2.45, 2.75) is 45.2 Å². The zero-order valence-corrected chi connectivity index (χ0v) is 15.7. The van der Waals surface area contributed by atoms with Crippen molar-refractivity contribution < 1.29 is 9.53 Å². The number of amides is 2. The molecule has 1 aliphatic heterocycles. The van der Waals surface area contributed by atoms with Gasteiger partial charge in [0, 0.05) is 13.1 Å². The first kappa shape index (κ1) is 18.3. The summed E-state index contributed by atoms with van der Waals surface area (Å²) in [6, 6.07) is 16.6. The summed E-state index contributed by atoms with van der Waals surface area (Å²) in [5, 5.41) is 3.09. The van der Waals surface area contributed by atoms with E-state index in [0.29, 0.717) is 6.54 Å². The highest BCUT2D eigenvalue weighted by Gasteiger charge is 2.26. The highest BCUT2D eigenvalue weighted by Crippen LogP contribution is 2.30. The van der Waals surface area contributed by atoms with Crippen LogP contribution >= 0.6 is 0 Å². The molecule has 2 aromatic rings. The number of ether oxygens (including phenoxy) is 1. The topological polar surface area (TPSA) is 41.6 Å². The second-order valence-corrected chi connectivity index (χ2v) is 6.98. The van der Waals surface area contributed by atoms with Crippen LogP contribution < -0.4 is 10.1 Å². The van der Waals surface area contributed by atoms with Gasteiger partial charge in [-0.15, -0.1) is 0 Å². The molecule has 1 fully saturated rings. The zero-order chi connectivity index (χ0) is 18.4. The standard InChI is InChI=1S/C22H28N2O2/c1-17-10-12-19(13-11-17)21-9-4-3-5-14-24(21)22(25)23-16-18-7-6-8-20(15-18)26-2/h6-8,10-13,15,21H,3-5,9,14,16H2,1-2H3,(H,23,25)/t21-/m1/s1. The van der Waals surface area contributed by atoms with Gasteiger partial charge in [-0.1, -0.05) is 54.8 Å². The molecule has 26 heavy (non-hydrogen) atoms. The molecule has 1 atom stereocenters. The molecule has 1 heterocycles. The molecule has 1 saturated heterocycles.